The van der Waals surface area contributed by atoms with E-state index in [0.717, 1.165) is 30.7 Å². The fraction of sp³-hybridized carbons (Fsp3) is 0.520. The van der Waals surface area contributed by atoms with Gasteiger partial charge in [0.15, 0.2) is 23.0 Å². The van der Waals surface area contributed by atoms with Crippen LogP contribution in [0.4, 0.5) is 5.13 Å². The molecule has 1 amide bonds. The summed E-state index contributed by atoms with van der Waals surface area (Å²) >= 11 is 1.35. The van der Waals surface area contributed by atoms with E-state index in [0.29, 0.717) is 28.1 Å². The zero-order chi connectivity index (χ0) is 24.1. The molecule has 1 aromatic heterocycles. The zero-order valence-electron chi connectivity index (χ0n) is 19.8. The van der Waals surface area contributed by atoms with Crippen molar-refractivity contribution < 1.29 is 24.2 Å². The van der Waals surface area contributed by atoms with E-state index in [9.17, 15) is 14.7 Å². The average molecular weight is 484 g/mol. The molecule has 9 heteroatoms. The maximum absolute atomic E-state index is 13.8. The van der Waals surface area contributed by atoms with Gasteiger partial charge in [0, 0.05) is 6.42 Å². The molecule has 0 spiro atoms. The van der Waals surface area contributed by atoms with Gasteiger partial charge in [-0.15, -0.1) is 10.2 Å². The lowest BCUT2D eigenvalue weighted by Gasteiger charge is -2.37. The SMILES string of the molecule is COc1cc(C2C3=C(OC4CCC(C)CC4C3=O)C(=O)N2c2nnc(CC(C)C)s2)ccc1O. The molecule has 180 valence electrons. The molecule has 34 heavy (non-hydrogen) atoms. The number of Topliss-reactive ketones (excluding diaryl/α,β-unsaturated/α-hetero) is 1. The third kappa shape index (κ3) is 3.76. The Bertz CT molecular complexity index is 1170. The number of fused-ring (bicyclic) bond motifs is 1. The van der Waals surface area contributed by atoms with Crippen molar-refractivity contribution in [2.24, 2.45) is 17.8 Å². The van der Waals surface area contributed by atoms with Gasteiger partial charge in [0.05, 0.1) is 24.6 Å². The second-order valence-corrected chi connectivity index (χ2v) is 10.9. The van der Waals surface area contributed by atoms with E-state index in [1.807, 2.05) is 0 Å². The van der Waals surface area contributed by atoms with Crippen LogP contribution < -0.4 is 9.64 Å². The predicted octanol–water partition coefficient (Wildman–Crippen LogP) is 4.20. The van der Waals surface area contributed by atoms with Crippen molar-refractivity contribution in [3.8, 4) is 11.5 Å². The molecule has 1 N–H and O–H groups in total. The van der Waals surface area contributed by atoms with E-state index in [4.69, 9.17) is 9.47 Å². The maximum Gasteiger partial charge on any atom is 0.296 e. The van der Waals surface area contributed by atoms with Crippen LogP contribution in [0.3, 0.4) is 0 Å². The minimum atomic E-state index is -0.720. The number of anilines is 1. The van der Waals surface area contributed by atoms with Gasteiger partial charge in [-0.2, -0.15) is 0 Å². The first kappa shape index (κ1) is 22.8. The lowest BCUT2D eigenvalue weighted by molar-refractivity contribution is -0.132. The van der Waals surface area contributed by atoms with Gasteiger partial charge in [0.2, 0.25) is 5.13 Å². The molecular weight excluding hydrogens is 454 g/mol. The van der Waals surface area contributed by atoms with Gasteiger partial charge in [0.25, 0.3) is 5.91 Å². The highest BCUT2D eigenvalue weighted by Gasteiger charge is 2.53. The van der Waals surface area contributed by atoms with Gasteiger partial charge in [-0.1, -0.05) is 38.2 Å². The van der Waals surface area contributed by atoms with Crippen molar-refractivity contribution >= 4 is 28.2 Å². The highest BCUT2D eigenvalue weighted by molar-refractivity contribution is 7.15. The number of rotatable bonds is 5. The molecule has 4 unspecified atom stereocenters. The lowest BCUT2D eigenvalue weighted by atomic mass is 9.74. The van der Waals surface area contributed by atoms with Gasteiger partial charge in [-0.25, -0.2) is 0 Å². The second-order valence-electron chi connectivity index (χ2n) is 9.87. The van der Waals surface area contributed by atoms with Crippen molar-refractivity contribution in [2.45, 2.75) is 58.6 Å². The van der Waals surface area contributed by atoms with E-state index in [-0.39, 0.29) is 41.0 Å². The van der Waals surface area contributed by atoms with Crippen molar-refractivity contribution in [1.82, 2.24) is 10.2 Å². The van der Waals surface area contributed by atoms with Crippen LogP contribution in [0.1, 0.15) is 56.6 Å². The van der Waals surface area contributed by atoms with Crippen LogP contribution in [0, 0.1) is 17.8 Å². The molecule has 1 fully saturated rings. The Morgan fingerprint density at radius 2 is 2.06 bits per heavy atom. The summed E-state index contributed by atoms with van der Waals surface area (Å²) in [7, 11) is 1.47. The van der Waals surface area contributed by atoms with Crippen molar-refractivity contribution in [3.63, 3.8) is 0 Å². The van der Waals surface area contributed by atoms with Crippen LogP contribution in [0.5, 0.6) is 11.5 Å². The first-order chi connectivity index (χ1) is 16.3. The normalized spacial score (nSPS) is 26.6. The van der Waals surface area contributed by atoms with Gasteiger partial charge < -0.3 is 14.6 Å². The maximum atomic E-state index is 13.8. The van der Waals surface area contributed by atoms with Crippen LogP contribution in [0.2, 0.25) is 0 Å². The number of ketones is 1. The molecule has 0 bridgehead atoms. The smallest absolute Gasteiger partial charge is 0.296 e. The Hall–Kier alpha value is -2.94. The van der Waals surface area contributed by atoms with Gasteiger partial charge in [-0.05, 0) is 48.8 Å². The first-order valence-electron chi connectivity index (χ1n) is 11.8. The minimum absolute atomic E-state index is 0.0150. The van der Waals surface area contributed by atoms with E-state index in [2.05, 4.69) is 31.0 Å². The number of phenolic OH excluding ortho intramolecular Hbond substituents is 1. The quantitative estimate of drug-likeness (QED) is 0.680. The molecule has 4 atom stereocenters. The minimum Gasteiger partial charge on any atom is -0.504 e. The Kier molecular flexibility index (Phi) is 5.83. The average Bonchev–Trinajstić information content (AvgIpc) is 3.36. The molecule has 1 aliphatic carbocycles. The summed E-state index contributed by atoms with van der Waals surface area (Å²) in [6, 6.07) is 4.16. The number of carbonyl (C=O) groups is 2. The van der Waals surface area contributed by atoms with Crippen LogP contribution >= 0.6 is 11.3 Å². The van der Waals surface area contributed by atoms with Crippen LogP contribution in [-0.2, 0) is 20.7 Å². The number of amides is 1. The third-order valence-corrected chi connectivity index (χ3v) is 7.82. The zero-order valence-corrected chi connectivity index (χ0v) is 20.6. The van der Waals surface area contributed by atoms with Crippen molar-refractivity contribution in [2.75, 3.05) is 12.0 Å². The first-order valence-corrected chi connectivity index (χ1v) is 12.6. The number of nitrogens with zero attached hydrogens (tertiary/aromatic N) is 3. The third-order valence-electron chi connectivity index (χ3n) is 6.87. The number of benzene rings is 1. The van der Waals surface area contributed by atoms with Crippen molar-refractivity contribution in [3.05, 3.63) is 40.1 Å². The molecule has 3 aliphatic rings. The fourth-order valence-corrected chi connectivity index (χ4v) is 6.31. The number of aromatic nitrogens is 2. The monoisotopic (exact) mass is 483 g/mol. The molecule has 5 rings (SSSR count). The number of aromatic hydroxyl groups is 1. The van der Waals surface area contributed by atoms with Gasteiger partial charge in [0.1, 0.15) is 11.1 Å². The number of phenols is 1. The highest BCUT2D eigenvalue weighted by atomic mass is 32.1. The molecule has 1 aromatic carbocycles. The lowest BCUT2D eigenvalue weighted by Crippen LogP contribution is -2.41. The number of ether oxygens (including phenoxy) is 2. The number of hydrogen-bond acceptors (Lipinski definition) is 8. The number of hydrogen-bond donors (Lipinski definition) is 1. The summed E-state index contributed by atoms with van der Waals surface area (Å²) in [4.78, 5) is 29.1. The van der Waals surface area contributed by atoms with E-state index in [1.165, 1.54) is 29.4 Å². The summed E-state index contributed by atoms with van der Waals surface area (Å²) in [6.07, 6.45) is 2.96. The van der Waals surface area contributed by atoms with E-state index < -0.39 is 6.04 Å². The second kappa shape index (κ2) is 8.69. The van der Waals surface area contributed by atoms with Crippen molar-refractivity contribution in [1.29, 1.82) is 0 Å². The Morgan fingerprint density at radius 3 is 2.79 bits per heavy atom. The standard InChI is InChI=1S/C25H29N3O5S/c1-12(2)9-19-26-27-25(34-19)28-21(14-6-7-16(29)18(11-14)32-4)20-22(30)15-10-13(3)5-8-17(15)33-23(20)24(28)31/h6-7,11-13,15,17,21,29H,5,8-10H2,1-4H3. The number of methoxy groups -OCH3 is 1. The van der Waals surface area contributed by atoms with Gasteiger partial charge in [-0.3, -0.25) is 14.5 Å². The summed E-state index contributed by atoms with van der Waals surface area (Å²) in [5.74, 6) is 0.541. The molecule has 2 aliphatic heterocycles. The highest BCUT2D eigenvalue weighted by Crippen LogP contribution is 2.50. The number of carbonyl (C=O) groups excluding carboxylic acids is 2. The van der Waals surface area contributed by atoms with Crippen LogP contribution in [0.15, 0.2) is 29.5 Å². The van der Waals surface area contributed by atoms with E-state index >= 15 is 0 Å². The topological polar surface area (TPSA) is 102 Å². The largest absolute Gasteiger partial charge is 0.504 e. The fourth-order valence-electron chi connectivity index (χ4n) is 5.23. The molecule has 2 aromatic rings. The Morgan fingerprint density at radius 1 is 1.26 bits per heavy atom. The van der Waals surface area contributed by atoms with Gasteiger partial charge >= 0.3 is 0 Å². The molecule has 0 radical (unpaired) electrons. The van der Waals surface area contributed by atoms with E-state index in [1.54, 1.807) is 12.1 Å². The molecule has 1 saturated carbocycles. The molecule has 3 heterocycles. The summed E-state index contributed by atoms with van der Waals surface area (Å²) < 4.78 is 11.6. The summed E-state index contributed by atoms with van der Waals surface area (Å²) in [5, 5.41) is 20.0. The predicted molar refractivity (Wildman–Crippen MR) is 127 cm³/mol. The van der Waals surface area contributed by atoms with Crippen LogP contribution in [0.25, 0.3) is 0 Å². The molecule has 8 nitrogen and oxygen atoms in total. The molecular formula is C25H29N3O5S. The summed E-state index contributed by atoms with van der Waals surface area (Å²) in [5.41, 5.74) is 1.02. The Balaban J connectivity index is 1.62. The molecule has 0 saturated heterocycles. The Labute approximate surface area is 202 Å². The summed E-state index contributed by atoms with van der Waals surface area (Å²) in [6.45, 7) is 6.35. The van der Waals surface area contributed by atoms with Crippen LogP contribution in [-0.4, -0.2) is 40.2 Å².